The van der Waals surface area contributed by atoms with Crippen LogP contribution in [-0.2, 0) is 6.42 Å². The molecule has 1 rings (SSSR count). The Morgan fingerprint density at radius 3 is 2.55 bits per heavy atom. The van der Waals surface area contributed by atoms with Gasteiger partial charge in [0.25, 0.3) is 0 Å². The molecule has 0 aliphatic rings. The third kappa shape index (κ3) is 4.90. The van der Waals surface area contributed by atoms with E-state index in [1.54, 1.807) is 12.1 Å². The fraction of sp³-hybridized carbons (Fsp3) is 0.667. The number of hydrogen-bond acceptors (Lipinski definition) is 1. The second-order valence-corrected chi connectivity index (χ2v) is 5.99. The van der Waals surface area contributed by atoms with Crippen LogP contribution >= 0.6 is 0 Å². The zero-order chi connectivity index (χ0) is 15.0. The minimum absolute atomic E-state index is 0.116. The van der Waals surface area contributed by atoms with Gasteiger partial charge in [-0.3, -0.25) is 0 Å². The number of halogens is 1. The molecule has 0 aliphatic heterocycles. The maximum Gasteiger partial charge on any atom is 0.123 e. The minimum Gasteiger partial charge on any atom is -0.316 e. The summed E-state index contributed by atoms with van der Waals surface area (Å²) >= 11 is 0. The molecule has 0 radical (unpaired) electrons. The van der Waals surface area contributed by atoms with Crippen LogP contribution in [0.2, 0.25) is 0 Å². The highest BCUT2D eigenvalue weighted by Gasteiger charge is 2.28. The second-order valence-electron chi connectivity index (χ2n) is 5.99. The molecule has 0 heterocycles. The molecule has 0 fully saturated rings. The van der Waals surface area contributed by atoms with Crippen molar-refractivity contribution in [1.29, 1.82) is 0 Å². The van der Waals surface area contributed by atoms with Crippen molar-refractivity contribution in [1.82, 2.24) is 5.32 Å². The Bertz CT molecular complexity index is 392. The Morgan fingerprint density at radius 1 is 1.20 bits per heavy atom. The zero-order valence-electron chi connectivity index (χ0n) is 13.6. The minimum atomic E-state index is -0.116. The smallest absolute Gasteiger partial charge is 0.123 e. The molecule has 0 saturated heterocycles. The van der Waals surface area contributed by atoms with E-state index in [0.717, 1.165) is 25.9 Å². The molecule has 20 heavy (non-hydrogen) atoms. The lowest BCUT2D eigenvalue weighted by atomic mass is 9.74. The van der Waals surface area contributed by atoms with Gasteiger partial charge in [-0.1, -0.05) is 39.7 Å². The van der Waals surface area contributed by atoms with E-state index in [4.69, 9.17) is 0 Å². The summed E-state index contributed by atoms with van der Waals surface area (Å²) in [5.74, 6) is -0.116. The number of hydrogen-bond donors (Lipinski definition) is 1. The Hall–Kier alpha value is -0.890. The van der Waals surface area contributed by atoms with Crippen LogP contribution in [-0.4, -0.2) is 13.1 Å². The first kappa shape index (κ1) is 17.2. The molecule has 0 bridgehead atoms. The van der Waals surface area contributed by atoms with Gasteiger partial charge in [0, 0.05) is 6.54 Å². The third-order valence-electron chi connectivity index (χ3n) is 4.44. The Kier molecular flexibility index (Phi) is 7.22. The van der Waals surface area contributed by atoms with Crippen molar-refractivity contribution in [3.8, 4) is 0 Å². The fourth-order valence-corrected chi connectivity index (χ4v) is 2.84. The molecule has 0 saturated carbocycles. The van der Waals surface area contributed by atoms with Gasteiger partial charge in [0.2, 0.25) is 0 Å². The molecule has 1 N–H and O–H groups in total. The molecule has 1 aromatic carbocycles. The summed E-state index contributed by atoms with van der Waals surface area (Å²) in [6.07, 6.45) is 5.78. The average Bonchev–Trinajstić information content (AvgIpc) is 2.46. The monoisotopic (exact) mass is 279 g/mol. The quantitative estimate of drug-likeness (QED) is 0.680. The van der Waals surface area contributed by atoms with Gasteiger partial charge in [-0.15, -0.1) is 0 Å². The molecular weight excluding hydrogens is 249 g/mol. The highest BCUT2D eigenvalue weighted by atomic mass is 19.1. The van der Waals surface area contributed by atoms with Crippen LogP contribution in [0.25, 0.3) is 0 Å². The van der Waals surface area contributed by atoms with Crippen LogP contribution in [0, 0.1) is 18.2 Å². The number of benzene rings is 1. The number of aryl methyl sites for hydroxylation is 1. The maximum atomic E-state index is 13.5. The van der Waals surface area contributed by atoms with Crippen molar-refractivity contribution in [2.75, 3.05) is 13.1 Å². The van der Waals surface area contributed by atoms with Crippen LogP contribution in [0.4, 0.5) is 4.39 Å². The fourth-order valence-electron chi connectivity index (χ4n) is 2.84. The third-order valence-corrected chi connectivity index (χ3v) is 4.44. The van der Waals surface area contributed by atoms with Gasteiger partial charge in [0.15, 0.2) is 0 Å². The van der Waals surface area contributed by atoms with Gasteiger partial charge >= 0.3 is 0 Å². The van der Waals surface area contributed by atoms with E-state index in [-0.39, 0.29) is 11.2 Å². The Morgan fingerprint density at radius 2 is 1.95 bits per heavy atom. The predicted octanol–water partition coefficient (Wildman–Crippen LogP) is 4.87. The maximum absolute atomic E-state index is 13.5. The molecular formula is C18H30FN. The molecule has 1 aromatic rings. The van der Waals surface area contributed by atoms with Crippen molar-refractivity contribution in [3.63, 3.8) is 0 Å². The van der Waals surface area contributed by atoms with E-state index in [1.807, 2.05) is 6.07 Å². The summed E-state index contributed by atoms with van der Waals surface area (Å²) in [7, 11) is 0. The normalized spacial score (nSPS) is 14.2. The molecule has 1 nitrogen and oxygen atoms in total. The van der Waals surface area contributed by atoms with Crippen LogP contribution < -0.4 is 5.32 Å². The largest absolute Gasteiger partial charge is 0.316 e. The van der Waals surface area contributed by atoms with E-state index in [9.17, 15) is 4.39 Å². The number of rotatable bonds is 9. The number of nitrogens with one attached hydrogen (secondary N) is 1. The van der Waals surface area contributed by atoms with E-state index in [0.29, 0.717) is 0 Å². The predicted molar refractivity (Wildman–Crippen MR) is 85.6 cm³/mol. The van der Waals surface area contributed by atoms with Crippen molar-refractivity contribution < 1.29 is 4.39 Å². The Labute approximate surface area is 124 Å². The lowest BCUT2D eigenvalue weighted by Crippen LogP contribution is -2.36. The molecule has 0 aliphatic carbocycles. The summed E-state index contributed by atoms with van der Waals surface area (Å²) in [5.41, 5.74) is 2.63. The van der Waals surface area contributed by atoms with Crippen LogP contribution in [0.15, 0.2) is 18.2 Å². The molecule has 0 spiro atoms. The Balaban J connectivity index is 2.93. The molecule has 114 valence electrons. The van der Waals surface area contributed by atoms with Gasteiger partial charge in [-0.25, -0.2) is 4.39 Å². The first-order chi connectivity index (χ1) is 9.56. The molecule has 0 aromatic heterocycles. The van der Waals surface area contributed by atoms with Gasteiger partial charge in [-0.05, 0) is 61.4 Å². The van der Waals surface area contributed by atoms with E-state index in [1.165, 1.54) is 30.4 Å². The second kappa shape index (κ2) is 8.41. The highest BCUT2D eigenvalue weighted by Crippen LogP contribution is 2.33. The summed E-state index contributed by atoms with van der Waals surface area (Å²) in [6.45, 7) is 10.8. The SMILES string of the molecule is CCCCC(CC)(CNCC)Cc1cc(F)ccc1C. The van der Waals surface area contributed by atoms with E-state index >= 15 is 0 Å². The highest BCUT2D eigenvalue weighted by molar-refractivity contribution is 5.27. The van der Waals surface area contributed by atoms with Crippen molar-refractivity contribution in [2.45, 2.75) is 59.8 Å². The van der Waals surface area contributed by atoms with Gasteiger partial charge in [-0.2, -0.15) is 0 Å². The number of unbranched alkanes of at least 4 members (excludes halogenated alkanes) is 1. The van der Waals surface area contributed by atoms with Crippen LogP contribution in [0.3, 0.4) is 0 Å². The van der Waals surface area contributed by atoms with Crippen LogP contribution in [0.5, 0.6) is 0 Å². The van der Waals surface area contributed by atoms with Crippen LogP contribution in [0.1, 0.15) is 57.6 Å². The topological polar surface area (TPSA) is 12.0 Å². The van der Waals surface area contributed by atoms with Gasteiger partial charge < -0.3 is 5.32 Å². The first-order valence-electron chi connectivity index (χ1n) is 8.02. The molecule has 0 amide bonds. The first-order valence-corrected chi connectivity index (χ1v) is 8.02. The standard InChI is InChI=1S/C18H30FN/c1-5-8-11-18(6-2,14-20-7-3)13-16-12-17(19)10-9-15(16)4/h9-10,12,20H,5-8,11,13-14H2,1-4H3. The summed E-state index contributed by atoms with van der Waals surface area (Å²) in [5, 5.41) is 3.51. The molecule has 2 heteroatoms. The lowest BCUT2D eigenvalue weighted by molar-refractivity contribution is 0.230. The van der Waals surface area contributed by atoms with Gasteiger partial charge in [0.05, 0.1) is 0 Å². The summed E-state index contributed by atoms with van der Waals surface area (Å²) in [6, 6.07) is 5.18. The summed E-state index contributed by atoms with van der Waals surface area (Å²) < 4.78 is 13.5. The molecule has 1 atom stereocenters. The van der Waals surface area contributed by atoms with Gasteiger partial charge in [0.1, 0.15) is 5.82 Å². The molecule has 1 unspecified atom stereocenters. The van der Waals surface area contributed by atoms with E-state index < -0.39 is 0 Å². The zero-order valence-corrected chi connectivity index (χ0v) is 13.6. The van der Waals surface area contributed by atoms with Crippen molar-refractivity contribution in [3.05, 3.63) is 35.1 Å². The lowest BCUT2D eigenvalue weighted by Gasteiger charge is -2.34. The summed E-state index contributed by atoms with van der Waals surface area (Å²) in [4.78, 5) is 0. The average molecular weight is 279 g/mol. The van der Waals surface area contributed by atoms with Crippen molar-refractivity contribution >= 4 is 0 Å². The van der Waals surface area contributed by atoms with E-state index in [2.05, 4.69) is 33.0 Å². The van der Waals surface area contributed by atoms with Crippen molar-refractivity contribution in [2.24, 2.45) is 5.41 Å².